The van der Waals surface area contributed by atoms with Crippen LogP contribution in [0.15, 0.2) is 42.5 Å². The number of hydrogen-bond donors (Lipinski definition) is 1. The monoisotopic (exact) mass is 375 g/mol. The van der Waals surface area contributed by atoms with Gasteiger partial charge >= 0.3 is 0 Å². The van der Waals surface area contributed by atoms with Gasteiger partial charge in [0.1, 0.15) is 19.0 Å². The smallest absolute Gasteiger partial charge is 0.257 e. The summed E-state index contributed by atoms with van der Waals surface area (Å²) in [6.45, 7) is 5.70. The van der Waals surface area contributed by atoms with Gasteiger partial charge in [0.15, 0.2) is 18.1 Å². The van der Waals surface area contributed by atoms with Gasteiger partial charge in [0, 0.05) is 17.0 Å². The molecule has 26 heavy (non-hydrogen) atoms. The number of ether oxygens (including phenoxy) is 3. The number of carbonyl (C=O) groups is 1. The lowest BCUT2D eigenvalue weighted by atomic mass is 9.84. The highest BCUT2D eigenvalue weighted by atomic mass is 35.5. The predicted molar refractivity (Wildman–Crippen MR) is 100 cm³/mol. The lowest BCUT2D eigenvalue weighted by Crippen LogP contribution is -2.39. The summed E-state index contributed by atoms with van der Waals surface area (Å²) < 4.78 is 16.7. The number of carbonyl (C=O) groups excluding carboxylic acids is 1. The minimum Gasteiger partial charge on any atom is -0.486 e. The number of hydrogen-bond acceptors (Lipinski definition) is 4. The van der Waals surface area contributed by atoms with Gasteiger partial charge in [-0.2, -0.15) is 0 Å². The number of rotatable bonds is 6. The molecule has 0 bridgehead atoms. The van der Waals surface area contributed by atoms with E-state index in [-0.39, 0.29) is 17.9 Å². The van der Waals surface area contributed by atoms with Crippen LogP contribution in [0, 0.1) is 0 Å². The molecule has 0 fully saturated rings. The number of nitrogens with one attached hydrogen (secondary N) is 1. The average molecular weight is 376 g/mol. The van der Waals surface area contributed by atoms with E-state index < -0.39 is 0 Å². The van der Waals surface area contributed by atoms with Gasteiger partial charge in [0.2, 0.25) is 0 Å². The molecule has 1 heterocycles. The third-order valence-electron chi connectivity index (χ3n) is 4.23. The van der Waals surface area contributed by atoms with Crippen molar-refractivity contribution in [2.45, 2.75) is 19.3 Å². The van der Waals surface area contributed by atoms with Crippen molar-refractivity contribution in [2.24, 2.45) is 0 Å². The van der Waals surface area contributed by atoms with Crippen LogP contribution in [0.2, 0.25) is 5.02 Å². The summed E-state index contributed by atoms with van der Waals surface area (Å²) in [7, 11) is 0. The number of halogens is 1. The largest absolute Gasteiger partial charge is 0.486 e. The van der Waals surface area contributed by atoms with E-state index in [1.165, 1.54) is 0 Å². The van der Waals surface area contributed by atoms with Gasteiger partial charge in [-0.3, -0.25) is 4.79 Å². The summed E-state index contributed by atoms with van der Waals surface area (Å²) >= 11 is 5.83. The quantitative estimate of drug-likeness (QED) is 0.838. The lowest BCUT2D eigenvalue weighted by molar-refractivity contribution is -0.123. The molecule has 1 N–H and O–H groups in total. The van der Waals surface area contributed by atoms with Crippen molar-refractivity contribution in [2.75, 3.05) is 26.4 Å². The van der Waals surface area contributed by atoms with Crippen LogP contribution in [0.3, 0.4) is 0 Å². The molecule has 3 rings (SSSR count). The van der Waals surface area contributed by atoms with E-state index >= 15 is 0 Å². The van der Waals surface area contributed by atoms with E-state index in [1.54, 1.807) is 24.3 Å². The van der Waals surface area contributed by atoms with Crippen LogP contribution >= 0.6 is 11.6 Å². The summed E-state index contributed by atoms with van der Waals surface area (Å²) in [5.74, 6) is 1.94. The summed E-state index contributed by atoms with van der Waals surface area (Å²) in [5.41, 5.74) is 0.812. The second-order valence-electron chi connectivity index (χ2n) is 6.76. The van der Waals surface area contributed by atoms with Crippen LogP contribution in [0.4, 0.5) is 0 Å². The molecule has 0 saturated heterocycles. The summed E-state index contributed by atoms with van der Waals surface area (Å²) in [4.78, 5) is 12.1. The van der Waals surface area contributed by atoms with Crippen molar-refractivity contribution in [1.82, 2.24) is 5.32 Å². The van der Waals surface area contributed by atoms with Crippen LogP contribution in [0.5, 0.6) is 17.2 Å². The van der Waals surface area contributed by atoms with Gasteiger partial charge in [-0.05, 0) is 42.0 Å². The second kappa shape index (κ2) is 7.87. The van der Waals surface area contributed by atoms with E-state index in [4.69, 9.17) is 25.8 Å². The fourth-order valence-corrected chi connectivity index (χ4v) is 2.74. The van der Waals surface area contributed by atoms with Crippen LogP contribution in [0.1, 0.15) is 19.4 Å². The lowest BCUT2D eigenvalue weighted by Gasteiger charge is -2.27. The van der Waals surface area contributed by atoms with Crippen LogP contribution in [-0.2, 0) is 10.2 Å². The Morgan fingerprint density at radius 2 is 1.81 bits per heavy atom. The first-order valence-electron chi connectivity index (χ1n) is 8.49. The fraction of sp³-hybridized carbons (Fsp3) is 0.350. The van der Waals surface area contributed by atoms with Crippen LogP contribution in [0.25, 0.3) is 0 Å². The Bertz CT molecular complexity index is 774. The minimum atomic E-state index is -0.258. The van der Waals surface area contributed by atoms with Crippen molar-refractivity contribution in [1.29, 1.82) is 0 Å². The van der Waals surface area contributed by atoms with Crippen LogP contribution < -0.4 is 19.5 Å². The Hall–Kier alpha value is -2.40. The molecule has 5 nitrogen and oxygen atoms in total. The Labute approximate surface area is 158 Å². The molecule has 0 atom stereocenters. The Morgan fingerprint density at radius 1 is 1.12 bits per heavy atom. The summed E-state index contributed by atoms with van der Waals surface area (Å²) in [5, 5.41) is 3.55. The SMILES string of the molecule is CC(C)(CNC(=O)COc1ccc(Cl)cc1)c1ccc2c(c1)OCCO2. The highest BCUT2D eigenvalue weighted by Crippen LogP contribution is 2.34. The number of fused-ring (bicyclic) bond motifs is 1. The zero-order chi connectivity index (χ0) is 18.6. The summed E-state index contributed by atoms with van der Waals surface area (Å²) in [6.07, 6.45) is 0. The third-order valence-corrected chi connectivity index (χ3v) is 4.49. The average Bonchev–Trinajstić information content (AvgIpc) is 2.65. The highest BCUT2D eigenvalue weighted by molar-refractivity contribution is 6.30. The van der Waals surface area contributed by atoms with Crippen molar-refractivity contribution in [3.8, 4) is 17.2 Å². The van der Waals surface area contributed by atoms with Crippen molar-refractivity contribution < 1.29 is 19.0 Å². The van der Waals surface area contributed by atoms with Gasteiger partial charge in [-0.1, -0.05) is 31.5 Å². The Kier molecular flexibility index (Phi) is 5.57. The van der Waals surface area contributed by atoms with Gasteiger partial charge < -0.3 is 19.5 Å². The predicted octanol–water partition coefficient (Wildman–Crippen LogP) is 3.58. The van der Waals surface area contributed by atoms with E-state index in [0.717, 1.165) is 17.1 Å². The van der Waals surface area contributed by atoms with Crippen molar-refractivity contribution in [3.63, 3.8) is 0 Å². The first-order chi connectivity index (χ1) is 12.4. The van der Waals surface area contributed by atoms with E-state index in [9.17, 15) is 4.79 Å². The first kappa shape index (κ1) is 18.4. The molecule has 0 spiro atoms. The third kappa shape index (κ3) is 4.61. The van der Waals surface area contributed by atoms with E-state index in [2.05, 4.69) is 19.2 Å². The maximum Gasteiger partial charge on any atom is 0.257 e. The maximum absolute atomic E-state index is 12.1. The molecule has 1 amide bonds. The molecular formula is C20H22ClNO4. The molecule has 6 heteroatoms. The molecule has 2 aromatic carbocycles. The van der Waals surface area contributed by atoms with Gasteiger partial charge in [-0.15, -0.1) is 0 Å². The van der Waals surface area contributed by atoms with E-state index in [1.807, 2.05) is 18.2 Å². The molecule has 0 aliphatic carbocycles. The minimum absolute atomic E-state index is 0.0428. The molecule has 0 aromatic heterocycles. The maximum atomic E-state index is 12.1. The van der Waals surface area contributed by atoms with Crippen LogP contribution in [-0.4, -0.2) is 32.3 Å². The van der Waals surface area contributed by atoms with Gasteiger partial charge in [0.05, 0.1) is 0 Å². The topological polar surface area (TPSA) is 56.8 Å². The highest BCUT2D eigenvalue weighted by Gasteiger charge is 2.24. The number of benzene rings is 2. The molecular weight excluding hydrogens is 354 g/mol. The zero-order valence-electron chi connectivity index (χ0n) is 14.9. The van der Waals surface area contributed by atoms with Crippen molar-refractivity contribution >= 4 is 17.5 Å². The Morgan fingerprint density at radius 3 is 2.54 bits per heavy atom. The molecule has 1 aliphatic rings. The van der Waals surface area contributed by atoms with Gasteiger partial charge in [0.25, 0.3) is 5.91 Å². The Balaban J connectivity index is 1.54. The molecule has 138 valence electrons. The zero-order valence-corrected chi connectivity index (χ0v) is 15.6. The molecule has 2 aromatic rings. The van der Waals surface area contributed by atoms with E-state index in [0.29, 0.717) is 30.5 Å². The molecule has 1 aliphatic heterocycles. The van der Waals surface area contributed by atoms with Crippen molar-refractivity contribution in [3.05, 3.63) is 53.1 Å². The molecule has 0 saturated carbocycles. The first-order valence-corrected chi connectivity index (χ1v) is 8.87. The standard InChI is InChI=1S/C20H22ClNO4/c1-20(2,14-3-8-17-18(11-14)25-10-9-24-17)13-22-19(23)12-26-16-6-4-15(21)5-7-16/h3-8,11H,9-10,12-13H2,1-2H3,(H,22,23). The fourth-order valence-electron chi connectivity index (χ4n) is 2.62. The number of amides is 1. The summed E-state index contributed by atoms with van der Waals surface area (Å²) in [6, 6.07) is 12.8. The normalized spacial score (nSPS) is 13.2. The molecule has 0 unspecified atom stereocenters. The molecule has 0 radical (unpaired) electrons. The van der Waals surface area contributed by atoms with Gasteiger partial charge in [-0.25, -0.2) is 0 Å². The second-order valence-corrected chi connectivity index (χ2v) is 7.20.